The number of thiophene rings is 1. The molecule has 0 aliphatic heterocycles. The number of rotatable bonds is 4. The van der Waals surface area contributed by atoms with Crippen LogP contribution in [0, 0.1) is 13.8 Å². The van der Waals surface area contributed by atoms with Crippen molar-refractivity contribution in [3.8, 4) is 5.75 Å². The van der Waals surface area contributed by atoms with Crippen molar-refractivity contribution in [3.05, 3.63) is 58.8 Å². The first-order valence-corrected chi connectivity index (χ1v) is 11.2. The topological polar surface area (TPSA) is 65.2 Å². The van der Waals surface area contributed by atoms with Gasteiger partial charge in [0, 0.05) is 5.39 Å². The summed E-state index contributed by atoms with van der Waals surface area (Å²) >= 11 is 1.13. The van der Waals surface area contributed by atoms with Crippen LogP contribution in [0.2, 0.25) is 0 Å². The van der Waals surface area contributed by atoms with Gasteiger partial charge in [-0.05, 0) is 48.6 Å². The van der Waals surface area contributed by atoms with Gasteiger partial charge in [0.1, 0.15) is 33.9 Å². The number of fused-ring (bicyclic) bond motifs is 5. The Labute approximate surface area is 191 Å². The minimum Gasteiger partial charge on any atom is -0.485 e. The van der Waals surface area contributed by atoms with Gasteiger partial charge < -0.3 is 4.74 Å². The van der Waals surface area contributed by atoms with E-state index in [1.165, 1.54) is 10.8 Å². The molecule has 10 heteroatoms. The summed E-state index contributed by atoms with van der Waals surface area (Å²) in [5.41, 5.74) is 2.84. The zero-order chi connectivity index (χ0) is 23.5. The van der Waals surface area contributed by atoms with Crippen molar-refractivity contribution in [1.82, 2.24) is 24.6 Å². The van der Waals surface area contributed by atoms with Crippen LogP contribution >= 0.6 is 11.3 Å². The minimum absolute atomic E-state index is 0.159. The van der Waals surface area contributed by atoms with Crippen LogP contribution in [0.25, 0.3) is 26.1 Å². The molecular formula is C23H20F3N5OS. The predicted octanol–water partition coefficient (Wildman–Crippen LogP) is 6.23. The van der Waals surface area contributed by atoms with Gasteiger partial charge in [-0.3, -0.25) is 0 Å². The highest BCUT2D eigenvalue weighted by Gasteiger charge is 2.33. The van der Waals surface area contributed by atoms with Gasteiger partial charge in [-0.2, -0.15) is 13.2 Å². The molecule has 0 spiro atoms. The molecule has 5 aromatic rings. The lowest BCUT2D eigenvalue weighted by atomic mass is 10.0. The normalized spacial score (nSPS) is 12.5. The van der Waals surface area contributed by atoms with E-state index >= 15 is 0 Å². The Morgan fingerprint density at radius 2 is 1.91 bits per heavy atom. The van der Waals surface area contributed by atoms with E-state index in [2.05, 4.69) is 46.0 Å². The summed E-state index contributed by atoms with van der Waals surface area (Å²) in [5, 5.41) is 5.05. The Balaban J connectivity index is 1.56. The van der Waals surface area contributed by atoms with Crippen molar-refractivity contribution >= 4 is 37.4 Å². The number of hydrogen-bond acceptors (Lipinski definition) is 6. The number of halogens is 3. The Bertz CT molecular complexity index is 1520. The summed E-state index contributed by atoms with van der Waals surface area (Å²) in [7, 11) is 0. The number of alkyl halides is 3. The summed E-state index contributed by atoms with van der Waals surface area (Å²) in [6.45, 7) is 8.00. The third-order valence-corrected chi connectivity index (χ3v) is 6.52. The molecule has 170 valence electrons. The SMILES string of the molecule is Cc1ccc(C(C)C)c(OCc2nc3c4sc5nc(C(F)(F)F)cc(C)c5c4ncn3n2)c1. The molecule has 0 fully saturated rings. The molecule has 1 aromatic carbocycles. The minimum atomic E-state index is -4.51. The van der Waals surface area contributed by atoms with Gasteiger partial charge in [0.05, 0.1) is 5.52 Å². The summed E-state index contributed by atoms with van der Waals surface area (Å²) in [4.78, 5) is 13.2. The van der Waals surface area contributed by atoms with E-state index in [4.69, 9.17) is 4.74 Å². The van der Waals surface area contributed by atoms with E-state index in [0.717, 1.165) is 34.3 Å². The van der Waals surface area contributed by atoms with Gasteiger partial charge in [-0.25, -0.2) is 19.5 Å². The third-order valence-electron chi connectivity index (χ3n) is 5.45. The molecule has 0 radical (unpaired) electrons. The second kappa shape index (κ2) is 7.65. The molecule has 5 rings (SSSR count). The molecule has 4 heterocycles. The molecule has 0 bridgehead atoms. The molecule has 0 amide bonds. The van der Waals surface area contributed by atoms with E-state index in [9.17, 15) is 13.2 Å². The van der Waals surface area contributed by atoms with E-state index in [1.807, 2.05) is 13.0 Å². The Hall–Kier alpha value is -3.27. The highest BCUT2D eigenvalue weighted by atomic mass is 32.1. The van der Waals surface area contributed by atoms with E-state index in [0.29, 0.717) is 38.6 Å². The van der Waals surface area contributed by atoms with Crippen molar-refractivity contribution in [2.24, 2.45) is 0 Å². The van der Waals surface area contributed by atoms with Gasteiger partial charge in [0.25, 0.3) is 0 Å². The summed E-state index contributed by atoms with van der Waals surface area (Å²) < 4.78 is 47.9. The molecule has 0 N–H and O–H groups in total. The molecule has 0 saturated heterocycles. The van der Waals surface area contributed by atoms with E-state index in [1.54, 1.807) is 6.92 Å². The monoisotopic (exact) mass is 471 g/mol. The highest BCUT2D eigenvalue weighted by Crippen LogP contribution is 2.38. The fourth-order valence-electron chi connectivity index (χ4n) is 3.85. The van der Waals surface area contributed by atoms with Crippen molar-refractivity contribution in [3.63, 3.8) is 0 Å². The maximum Gasteiger partial charge on any atom is 0.433 e. The van der Waals surface area contributed by atoms with Crippen LogP contribution < -0.4 is 4.74 Å². The first kappa shape index (κ1) is 21.6. The Morgan fingerprint density at radius 3 is 2.64 bits per heavy atom. The van der Waals surface area contributed by atoms with Crippen molar-refractivity contribution in [2.45, 2.75) is 46.4 Å². The molecule has 0 saturated carbocycles. The fourth-order valence-corrected chi connectivity index (χ4v) is 5.03. The van der Waals surface area contributed by atoms with Crippen molar-refractivity contribution in [1.29, 1.82) is 0 Å². The van der Waals surface area contributed by atoms with Gasteiger partial charge in [-0.15, -0.1) is 16.4 Å². The second-order valence-corrected chi connectivity index (χ2v) is 9.31. The van der Waals surface area contributed by atoms with Crippen LogP contribution in [-0.2, 0) is 12.8 Å². The van der Waals surface area contributed by atoms with E-state index in [-0.39, 0.29) is 11.4 Å². The van der Waals surface area contributed by atoms with E-state index < -0.39 is 11.9 Å². The Kier molecular flexibility index (Phi) is 5.00. The Morgan fingerprint density at radius 1 is 1.12 bits per heavy atom. The zero-order valence-electron chi connectivity index (χ0n) is 18.4. The molecule has 33 heavy (non-hydrogen) atoms. The quantitative estimate of drug-likeness (QED) is 0.311. The zero-order valence-corrected chi connectivity index (χ0v) is 19.2. The molecule has 4 aromatic heterocycles. The average molecular weight is 472 g/mol. The molecule has 0 aliphatic rings. The summed E-state index contributed by atoms with van der Waals surface area (Å²) in [6, 6.07) is 7.15. The number of ether oxygens (including phenoxy) is 1. The number of hydrogen-bond donors (Lipinski definition) is 0. The highest BCUT2D eigenvalue weighted by molar-refractivity contribution is 7.26. The first-order chi connectivity index (χ1) is 15.6. The smallest absolute Gasteiger partial charge is 0.433 e. The lowest BCUT2D eigenvalue weighted by Crippen LogP contribution is -2.07. The average Bonchev–Trinajstić information content (AvgIpc) is 3.32. The van der Waals surface area contributed by atoms with Crippen LogP contribution in [-0.4, -0.2) is 24.6 Å². The van der Waals surface area contributed by atoms with Crippen LogP contribution in [0.3, 0.4) is 0 Å². The molecule has 6 nitrogen and oxygen atoms in total. The van der Waals surface area contributed by atoms with Crippen LogP contribution in [0.15, 0.2) is 30.6 Å². The van der Waals surface area contributed by atoms with Gasteiger partial charge in [0.2, 0.25) is 0 Å². The number of pyridine rings is 1. The maximum absolute atomic E-state index is 13.2. The largest absolute Gasteiger partial charge is 0.485 e. The van der Waals surface area contributed by atoms with Gasteiger partial charge in [0.15, 0.2) is 11.5 Å². The van der Waals surface area contributed by atoms with Crippen LogP contribution in [0.4, 0.5) is 13.2 Å². The predicted molar refractivity (Wildman–Crippen MR) is 121 cm³/mol. The van der Waals surface area contributed by atoms with Crippen molar-refractivity contribution < 1.29 is 17.9 Å². The molecule has 0 unspecified atom stereocenters. The summed E-state index contributed by atoms with van der Waals surface area (Å²) in [6.07, 6.45) is -2.99. The standard InChI is InChI=1S/C23H20F3N5OS/c1-11(2)14-6-5-12(3)7-15(14)32-9-17-29-21-20-19(27-10-31(21)30-17)18-13(4)8-16(23(24,25)26)28-22(18)33-20/h5-8,10-11H,9H2,1-4H3. The lowest BCUT2D eigenvalue weighted by Gasteiger charge is -2.13. The third kappa shape index (κ3) is 3.78. The second-order valence-electron chi connectivity index (χ2n) is 8.31. The lowest BCUT2D eigenvalue weighted by molar-refractivity contribution is -0.141. The van der Waals surface area contributed by atoms with Crippen LogP contribution in [0.1, 0.15) is 48.0 Å². The molecular weight excluding hydrogens is 451 g/mol. The van der Waals surface area contributed by atoms with Gasteiger partial charge >= 0.3 is 6.18 Å². The number of aromatic nitrogens is 5. The number of benzene rings is 1. The molecule has 0 aliphatic carbocycles. The molecule has 0 atom stereocenters. The first-order valence-electron chi connectivity index (χ1n) is 10.4. The maximum atomic E-state index is 13.2. The van der Waals surface area contributed by atoms with Crippen molar-refractivity contribution in [2.75, 3.05) is 0 Å². The van der Waals surface area contributed by atoms with Gasteiger partial charge in [-0.1, -0.05) is 26.0 Å². The summed E-state index contributed by atoms with van der Waals surface area (Å²) in [5.74, 6) is 1.54. The fraction of sp³-hybridized carbons (Fsp3) is 0.304. The van der Waals surface area contributed by atoms with Crippen LogP contribution in [0.5, 0.6) is 5.75 Å². The number of aryl methyl sites for hydroxylation is 2. The number of nitrogens with zero attached hydrogens (tertiary/aromatic N) is 5.